The van der Waals surface area contributed by atoms with Crippen LogP contribution in [0.4, 0.5) is 0 Å². The van der Waals surface area contributed by atoms with Gasteiger partial charge in [-0.05, 0) is 24.9 Å². The minimum Gasteiger partial charge on any atom is -0.368 e. The number of aryl methyl sites for hydroxylation is 1. The quantitative estimate of drug-likeness (QED) is 0.568. The van der Waals surface area contributed by atoms with Gasteiger partial charge in [0.25, 0.3) is 0 Å². The van der Waals surface area contributed by atoms with E-state index in [1.165, 1.54) is 5.56 Å². The van der Waals surface area contributed by atoms with Gasteiger partial charge in [0, 0.05) is 6.54 Å². The lowest BCUT2D eigenvalue weighted by molar-refractivity contribution is -0.119. The third-order valence-electron chi connectivity index (χ3n) is 2.39. The van der Waals surface area contributed by atoms with Crippen LogP contribution in [-0.4, -0.2) is 25.0 Å². The molecule has 0 spiro atoms. The fourth-order valence-corrected chi connectivity index (χ4v) is 1.42. The van der Waals surface area contributed by atoms with E-state index < -0.39 is 11.9 Å². The van der Waals surface area contributed by atoms with E-state index in [1.807, 2.05) is 18.2 Å². The molecule has 4 heteroatoms. The second-order valence-electron chi connectivity index (χ2n) is 3.80. The monoisotopic (exact) mass is 221 g/mol. The number of benzene rings is 1. The number of amides is 1. The lowest BCUT2D eigenvalue weighted by Crippen LogP contribution is -2.44. The lowest BCUT2D eigenvalue weighted by atomic mass is 10.1. The number of carbonyl (C=O) groups excluding carboxylic acids is 1. The highest BCUT2D eigenvalue weighted by Gasteiger charge is 2.06. The van der Waals surface area contributed by atoms with E-state index in [-0.39, 0.29) is 0 Å². The molecule has 16 heavy (non-hydrogen) atoms. The van der Waals surface area contributed by atoms with Gasteiger partial charge in [-0.2, -0.15) is 0 Å². The topological polar surface area (TPSA) is 81.1 Å². The van der Waals surface area contributed by atoms with Crippen molar-refractivity contribution in [3.8, 4) is 0 Å². The summed E-state index contributed by atoms with van der Waals surface area (Å²) in [6.45, 7) is 1.29. The molecular weight excluding hydrogens is 202 g/mol. The molecule has 1 unspecified atom stereocenters. The highest BCUT2D eigenvalue weighted by molar-refractivity contribution is 5.79. The molecule has 1 aromatic carbocycles. The number of hydrogen-bond donors (Lipinski definition) is 3. The van der Waals surface area contributed by atoms with Gasteiger partial charge in [-0.25, -0.2) is 0 Å². The summed E-state index contributed by atoms with van der Waals surface area (Å²) in [5.41, 5.74) is 11.8. The van der Waals surface area contributed by atoms with Gasteiger partial charge in [-0.15, -0.1) is 0 Å². The minimum atomic E-state index is -0.586. The van der Waals surface area contributed by atoms with Crippen LogP contribution in [0, 0.1) is 0 Å². The Hall–Kier alpha value is -1.39. The van der Waals surface area contributed by atoms with Crippen LogP contribution in [0.5, 0.6) is 0 Å². The first-order chi connectivity index (χ1) is 7.70. The van der Waals surface area contributed by atoms with E-state index in [1.54, 1.807) is 0 Å². The fourth-order valence-electron chi connectivity index (χ4n) is 1.42. The molecule has 5 N–H and O–H groups in total. The molecule has 0 heterocycles. The first-order valence-corrected chi connectivity index (χ1v) is 5.49. The minimum absolute atomic E-state index is 0.449. The normalized spacial score (nSPS) is 12.3. The van der Waals surface area contributed by atoms with Crippen molar-refractivity contribution >= 4 is 5.91 Å². The molecule has 1 rings (SSSR count). The Balaban J connectivity index is 2.07. The van der Waals surface area contributed by atoms with Gasteiger partial charge in [0.2, 0.25) is 5.91 Å². The molecule has 0 aliphatic rings. The largest absolute Gasteiger partial charge is 0.368 e. The summed E-state index contributed by atoms with van der Waals surface area (Å²) in [7, 11) is 0. The first kappa shape index (κ1) is 12.7. The zero-order valence-corrected chi connectivity index (χ0v) is 9.36. The number of nitrogens with one attached hydrogen (secondary N) is 1. The maximum atomic E-state index is 10.6. The lowest BCUT2D eigenvalue weighted by Gasteiger charge is -2.08. The van der Waals surface area contributed by atoms with Gasteiger partial charge in [0.05, 0.1) is 6.04 Å². The smallest absolute Gasteiger partial charge is 0.235 e. The van der Waals surface area contributed by atoms with Gasteiger partial charge >= 0.3 is 0 Å². The molecule has 0 aromatic heterocycles. The maximum absolute atomic E-state index is 10.6. The predicted octanol–water partition coefficient (Wildman–Crippen LogP) is 0.0214. The van der Waals surface area contributed by atoms with Crippen molar-refractivity contribution in [2.75, 3.05) is 13.1 Å². The van der Waals surface area contributed by atoms with E-state index in [9.17, 15) is 4.79 Å². The number of primary amides is 1. The van der Waals surface area contributed by atoms with Crippen LogP contribution in [0.25, 0.3) is 0 Å². The molecule has 4 nitrogen and oxygen atoms in total. The number of hydrogen-bond acceptors (Lipinski definition) is 3. The van der Waals surface area contributed by atoms with E-state index in [0.717, 1.165) is 19.4 Å². The Morgan fingerprint density at radius 3 is 2.62 bits per heavy atom. The van der Waals surface area contributed by atoms with Crippen molar-refractivity contribution in [2.45, 2.75) is 18.9 Å². The SMILES string of the molecule is NC(=O)C(N)CNCCCc1ccccc1. The van der Waals surface area contributed by atoms with Gasteiger partial charge in [0.15, 0.2) is 0 Å². The Kier molecular flexibility index (Phi) is 5.53. The van der Waals surface area contributed by atoms with Crippen molar-refractivity contribution in [3.05, 3.63) is 35.9 Å². The summed E-state index contributed by atoms with van der Waals surface area (Å²) in [5.74, 6) is -0.462. The fraction of sp³-hybridized carbons (Fsp3) is 0.417. The Morgan fingerprint density at radius 1 is 1.31 bits per heavy atom. The molecule has 0 aliphatic carbocycles. The highest BCUT2D eigenvalue weighted by atomic mass is 16.1. The van der Waals surface area contributed by atoms with E-state index in [0.29, 0.717) is 6.54 Å². The molecule has 0 fully saturated rings. The molecule has 0 aliphatic heterocycles. The van der Waals surface area contributed by atoms with Crippen molar-refractivity contribution in [1.29, 1.82) is 0 Å². The van der Waals surface area contributed by atoms with E-state index >= 15 is 0 Å². The summed E-state index contributed by atoms with van der Waals surface area (Å²) < 4.78 is 0. The van der Waals surface area contributed by atoms with Gasteiger partial charge in [-0.3, -0.25) is 4.79 Å². The molecule has 0 saturated carbocycles. The van der Waals surface area contributed by atoms with Crippen LogP contribution >= 0.6 is 0 Å². The van der Waals surface area contributed by atoms with Crippen molar-refractivity contribution in [1.82, 2.24) is 5.32 Å². The van der Waals surface area contributed by atoms with Gasteiger partial charge in [0.1, 0.15) is 0 Å². The summed E-state index contributed by atoms with van der Waals surface area (Å²) in [6, 6.07) is 9.70. The maximum Gasteiger partial charge on any atom is 0.235 e. The molecule has 0 bridgehead atoms. The van der Waals surface area contributed by atoms with E-state index in [4.69, 9.17) is 11.5 Å². The Labute approximate surface area is 96.0 Å². The van der Waals surface area contributed by atoms with E-state index in [2.05, 4.69) is 17.4 Å². The Bertz CT molecular complexity index is 313. The molecule has 1 atom stereocenters. The zero-order valence-electron chi connectivity index (χ0n) is 9.36. The molecular formula is C12H19N3O. The Morgan fingerprint density at radius 2 is 2.00 bits per heavy atom. The predicted molar refractivity (Wildman–Crippen MR) is 64.8 cm³/mol. The van der Waals surface area contributed by atoms with Crippen molar-refractivity contribution in [3.63, 3.8) is 0 Å². The number of nitrogens with two attached hydrogens (primary N) is 2. The van der Waals surface area contributed by atoms with Crippen molar-refractivity contribution < 1.29 is 4.79 Å². The van der Waals surface area contributed by atoms with Crippen LogP contribution < -0.4 is 16.8 Å². The summed E-state index contributed by atoms with van der Waals surface area (Å²) in [5, 5.41) is 3.11. The van der Waals surface area contributed by atoms with Gasteiger partial charge in [-0.1, -0.05) is 30.3 Å². The number of carbonyl (C=O) groups is 1. The second kappa shape index (κ2) is 6.98. The highest BCUT2D eigenvalue weighted by Crippen LogP contribution is 2.01. The third-order valence-corrected chi connectivity index (χ3v) is 2.39. The molecule has 0 saturated heterocycles. The van der Waals surface area contributed by atoms with Crippen LogP contribution in [-0.2, 0) is 11.2 Å². The third kappa shape index (κ3) is 4.91. The van der Waals surface area contributed by atoms with Crippen LogP contribution in [0.3, 0.4) is 0 Å². The van der Waals surface area contributed by atoms with Crippen LogP contribution in [0.15, 0.2) is 30.3 Å². The van der Waals surface area contributed by atoms with Gasteiger partial charge < -0.3 is 16.8 Å². The molecule has 88 valence electrons. The first-order valence-electron chi connectivity index (χ1n) is 5.49. The summed E-state index contributed by atoms with van der Waals surface area (Å²) in [6.07, 6.45) is 2.05. The zero-order chi connectivity index (χ0) is 11.8. The summed E-state index contributed by atoms with van der Waals surface area (Å²) >= 11 is 0. The second-order valence-corrected chi connectivity index (χ2v) is 3.80. The number of rotatable bonds is 7. The van der Waals surface area contributed by atoms with Crippen LogP contribution in [0.1, 0.15) is 12.0 Å². The van der Waals surface area contributed by atoms with Crippen molar-refractivity contribution in [2.24, 2.45) is 11.5 Å². The molecule has 1 amide bonds. The van der Waals surface area contributed by atoms with Crippen LogP contribution in [0.2, 0.25) is 0 Å². The average Bonchev–Trinajstić information content (AvgIpc) is 2.29. The molecule has 1 aromatic rings. The summed E-state index contributed by atoms with van der Waals surface area (Å²) in [4.78, 5) is 10.6. The molecule has 0 radical (unpaired) electrons. The average molecular weight is 221 g/mol. The standard InChI is InChI=1S/C12H19N3O/c13-11(12(14)16)9-15-8-4-7-10-5-2-1-3-6-10/h1-3,5-6,11,15H,4,7-9,13H2,(H2,14,16).